The van der Waals surface area contributed by atoms with E-state index < -0.39 is 0 Å². The van der Waals surface area contributed by atoms with Crippen LogP contribution in [0.1, 0.15) is 41.0 Å². The molecular weight excluding hydrogens is 374 g/mol. The lowest BCUT2D eigenvalue weighted by Crippen LogP contribution is -2.48. The van der Waals surface area contributed by atoms with Crippen molar-refractivity contribution in [1.29, 1.82) is 0 Å². The summed E-state index contributed by atoms with van der Waals surface area (Å²) in [5.41, 5.74) is 1.83. The minimum Gasteiger partial charge on any atom is -0.408 e. The summed E-state index contributed by atoms with van der Waals surface area (Å²) in [5, 5.41) is 9.11. The zero-order chi connectivity index (χ0) is 19.7. The van der Waals surface area contributed by atoms with Gasteiger partial charge in [0.1, 0.15) is 9.88 Å². The molecule has 1 aliphatic rings. The summed E-state index contributed by atoms with van der Waals surface area (Å²) in [6.45, 7) is 8.54. The van der Waals surface area contributed by atoms with Crippen molar-refractivity contribution in [2.45, 2.75) is 26.7 Å². The zero-order valence-electron chi connectivity index (χ0n) is 16.3. The number of nitrogens with zero attached hydrogens (tertiary/aromatic N) is 5. The maximum absolute atomic E-state index is 13.0. The summed E-state index contributed by atoms with van der Waals surface area (Å²) in [6, 6.07) is 10.5. The molecule has 7 nitrogen and oxygen atoms in total. The maximum Gasteiger partial charge on any atom is 0.318 e. The van der Waals surface area contributed by atoms with Gasteiger partial charge in [-0.2, -0.15) is 0 Å². The van der Waals surface area contributed by atoms with E-state index in [2.05, 4.69) is 15.2 Å². The molecule has 1 aromatic carbocycles. The predicted octanol–water partition coefficient (Wildman–Crippen LogP) is 3.59. The van der Waals surface area contributed by atoms with Crippen LogP contribution in [0.4, 0.5) is 6.01 Å². The number of amides is 1. The first-order chi connectivity index (χ1) is 13.5. The van der Waals surface area contributed by atoms with E-state index in [0.29, 0.717) is 43.0 Å². The molecule has 2 aromatic heterocycles. The second-order valence-corrected chi connectivity index (χ2v) is 8.16. The molecule has 1 saturated heterocycles. The molecule has 1 amide bonds. The van der Waals surface area contributed by atoms with Gasteiger partial charge in [0.15, 0.2) is 0 Å². The first-order valence-electron chi connectivity index (χ1n) is 9.43. The van der Waals surface area contributed by atoms with Crippen molar-refractivity contribution < 1.29 is 9.21 Å². The first kappa shape index (κ1) is 18.6. The van der Waals surface area contributed by atoms with Gasteiger partial charge in [-0.25, -0.2) is 4.98 Å². The normalized spacial score (nSPS) is 14.7. The second kappa shape index (κ2) is 7.71. The number of benzene rings is 1. The van der Waals surface area contributed by atoms with E-state index >= 15 is 0 Å². The fourth-order valence-corrected chi connectivity index (χ4v) is 4.17. The average Bonchev–Trinajstić information content (AvgIpc) is 3.36. The fraction of sp³-hybridized carbons (Fsp3) is 0.400. The molecule has 3 aromatic rings. The Labute approximate surface area is 168 Å². The standard InChI is InChI=1S/C20H23N5O2S/c1-13(2)17-22-23-20(27-17)25-11-9-24(10-12-25)19(26)16-14(3)21-18(28-16)15-7-5-4-6-8-15/h4-8,13H,9-12H2,1-3H3. The quantitative estimate of drug-likeness (QED) is 0.670. The van der Waals surface area contributed by atoms with Gasteiger partial charge >= 0.3 is 6.01 Å². The van der Waals surface area contributed by atoms with Crippen LogP contribution in [-0.2, 0) is 0 Å². The van der Waals surface area contributed by atoms with Crippen molar-refractivity contribution in [1.82, 2.24) is 20.1 Å². The van der Waals surface area contributed by atoms with Crippen LogP contribution in [0, 0.1) is 6.92 Å². The van der Waals surface area contributed by atoms with E-state index in [1.165, 1.54) is 11.3 Å². The third-order valence-electron chi connectivity index (χ3n) is 4.77. The highest BCUT2D eigenvalue weighted by atomic mass is 32.1. The number of carbonyl (C=O) groups excluding carboxylic acids is 1. The lowest BCUT2D eigenvalue weighted by molar-refractivity contribution is 0.0749. The molecule has 8 heteroatoms. The van der Waals surface area contributed by atoms with Gasteiger partial charge < -0.3 is 14.2 Å². The number of thiazole rings is 1. The Kier molecular flexibility index (Phi) is 5.13. The molecule has 0 atom stereocenters. The summed E-state index contributed by atoms with van der Waals surface area (Å²) in [6.07, 6.45) is 0. The summed E-state index contributed by atoms with van der Waals surface area (Å²) < 4.78 is 5.73. The van der Waals surface area contributed by atoms with Crippen LogP contribution in [0.3, 0.4) is 0 Å². The van der Waals surface area contributed by atoms with Crippen molar-refractivity contribution in [3.05, 3.63) is 46.8 Å². The summed E-state index contributed by atoms with van der Waals surface area (Å²) in [5.74, 6) is 0.893. The lowest BCUT2D eigenvalue weighted by atomic mass is 10.2. The van der Waals surface area contributed by atoms with Gasteiger partial charge in [-0.1, -0.05) is 49.3 Å². The Morgan fingerprint density at radius 2 is 1.82 bits per heavy atom. The average molecular weight is 398 g/mol. The van der Waals surface area contributed by atoms with Crippen LogP contribution < -0.4 is 4.90 Å². The first-order valence-corrected chi connectivity index (χ1v) is 10.2. The maximum atomic E-state index is 13.0. The number of aromatic nitrogens is 3. The van der Waals surface area contributed by atoms with E-state index in [0.717, 1.165) is 16.3 Å². The van der Waals surface area contributed by atoms with Crippen LogP contribution in [0.15, 0.2) is 34.7 Å². The van der Waals surface area contributed by atoms with Gasteiger partial charge in [0.25, 0.3) is 5.91 Å². The third kappa shape index (κ3) is 3.64. The van der Waals surface area contributed by atoms with Crippen LogP contribution >= 0.6 is 11.3 Å². The monoisotopic (exact) mass is 397 g/mol. The minimum atomic E-state index is 0.0465. The van der Waals surface area contributed by atoms with Crippen LogP contribution in [-0.4, -0.2) is 52.2 Å². The van der Waals surface area contributed by atoms with Gasteiger partial charge in [-0.15, -0.1) is 16.4 Å². The molecule has 1 aliphatic heterocycles. The van der Waals surface area contributed by atoms with Gasteiger partial charge in [-0.3, -0.25) is 4.79 Å². The van der Waals surface area contributed by atoms with Gasteiger partial charge in [0.2, 0.25) is 5.89 Å². The molecule has 0 spiro atoms. The molecule has 0 N–H and O–H groups in total. The Morgan fingerprint density at radius 1 is 1.11 bits per heavy atom. The Hall–Kier alpha value is -2.74. The van der Waals surface area contributed by atoms with Crippen molar-refractivity contribution in [3.8, 4) is 10.6 Å². The summed E-state index contributed by atoms with van der Waals surface area (Å²) in [4.78, 5) is 22.3. The molecule has 0 radical (unpaired) electrons. The molecule has 0 unspecified atom stereocenters. The van der Waals surface area contributed by atoms with Gasteiger partial charge in [0.05, 0.1) is 5.69 Å². The number of rotatable bonds is 4. The van der Waals surface area contributed by atoms with E-state index in [-0.39, 0.29) is 11.8 Å². The van der Waals surface area contributed by atoms with Crippen molar-refractivity contribution in [2.24, 2.45) is 0 Å². The van der Waals surface area contributed by atoms with Gasteiger partial charge in [-0.05, 0) is 6.92 Å². The Balaban J connectivity index is 1.43. The van der Waals surface area contributed by atoms with Gasteiger partial charge in [0, 0.05) is 37.7 Å². The molecule has 0 saturated carbocycles. The number of piperazine rings is 1. The highest BCUT2D eigenvalue weighted by Crippen LogP contribution is 2.29. The summed E-state index contributed by atoms with van der Waals surface area (Å²) >= 11 is 1.46. The molecular formula is C20H23N5O2S. The van der Waals surface area contributed by atoms with Crippen molar-refractivity contribution in [3.63, 3.8) is 0 Å². The van der Waals surface area contributed by atoms with E-state index in [1.54, 1.807) is 0 Å². The highest BCUT2D eigenvalue weighted by molar-refractivity contribution is 7.17. The molecule has 4 rings (SSSR count). The van der Waals surface area contributed by atoms with Crippen LogP contribution in [0.2, 0.25) is 0 Å². The van der Waals surface area contributed by atoms with E-state index in [1.807, 2.05) is 60.9 Å². The lowest BCUT2D eigenvalue weighted by Gasteiger charge is -2.33. The highest BCUT2D eigenvalue weighted by Gasteiger charge is 2.27. The number of carbonyl (C=O) groups is 1. The molecule has 1 fully saturated rings. The third-order valence-corrected chi connectivity index (χ3v) is 5.97. The van der Waals surface area contributed by atoms with Crippen molar-refractivity contribution >= 4 is 23.3 Å². The largest absolute Gasteiger partial charge is 0.408 e. The van der Waals surface area contributed by atoms with E-state index in [4.69, 9.17) is 4.42 Å². The summed E-state index contributed by atoms with van der Waals surface area (Å²) in [7, 11) is 0. The molecule has 0 aliphatic carbocycles. The SMILES string of the molecule is Cc1nc(-c2ccccc2)sc1C(=O)N1CCN(c2nnc(C(C)C)o2)CC1. The fourth-order valence-electron chi connectivity index (χ4n) is 3.13. The van der Waals surface area contributed by atoms with Crippen LogP contribution in [0.5, 0.6) is 0 Å². The minimum absolute atomic E-state index is 0.0465. The number of aryl methyl sites for hydroxylation is 1. The Morgan fingerprint density at radius 3 is 2.46 bits per heavy atom. The number of anilines is 1. The number of hydrogen-bond acceptors (Lipinski definition) is 7. The molecule has 3 heterocycles. The molecule has 28 heavy (non-hydrogen) atoms. The number of hydrogen-bond donors (Lipinski definition) is 0. The smallest absolute Gasteiger partial charge is 0.318 e. The Bertz CT molecular complexity index is 958. The zero-order valence-corrected chi connectivity index (χ0v) is 17.1. The predicted molar refractivity (Wildman–Crippen MR) is 109 cm³/mol. The molecule has 0 bridgehead atoms. The van der Waals surface area contributed by atoms with Crippen LogP contribution in [0.25, 0.3) is 10.6 Å². The molecule has 146 valence electrons. The van der Waals surface area contributed by atoms with E-state index in [9.17, 15) is 4.79 Å². The second-order valence-electron chi connectivity index (χ2n) is 7.16. The van der Waals surface area contributed by atoms with Crippen molar-refractivity contribution in [2.75, 3.05) is 31.1 Å². The topological polar surface area (TPSA) is 75.4 Å².